The van der Waals surface area contributed by atoms with E-state index in [4.69, 9.17) is 0 Å². The first-order chi connectivity index (χ1) is 9.17. The van der Waals surface area contributed by atoms with Crippen LogP contribution in [0.2, 0.25) is 0 Å². The molecule has 7 heteroatoms. The van der Waals surface area contributed by atoms with Gasteiger partial charge >= 0.3 is 4.87 Å². The van der Waals surface area contributed by atoms with Gasteiger partial charge in [0.1, 0.15) is 17.5 Å². The van der Waals surface area contributed by atoms with Crippen LogP contribution in [0.25, 0.3) is 0 Å². The molecule has 102 valence electrons. The molecule has 0 aromatic carbocycles. The maximum atomic E-state index is 11.0. The summed E-state index contributed by atoms with van der Waals surface area (Å²) in [5.74, 6) is 2.27. The number of nitrogens with zero attached hydrogens (tertiary/aromatic N) is 2. The molecular formula is C12H17N5OS. The van der Waals surface area contributed by atoms with Crippen LogP contribution in [0.15, 0.2) is 16.2 Å². The van der Waals surface area contributed by atoms with E-state index in [9.17, 15) is 4.79 Å². The van der Waals surface area contributed by atoms with Gasteiger partial charge in [-0.3, -0.25) is 4.79 Å². The normalized spacial score (nSPS) is 10.4. The Bertz CT molecular complexity index is 592. The van der Waals surface area contributed by atoms with Gasteiger partial charge in [0.2, 0.25) is 0 Å². The lowest BCUT2D eigenvalue weighted by molar-refractivity contribution is 0.949. The fourth-order valence-corrected chi connectivity index (χ4v) is 2.17. The Labute approximate surface area is 115 Å². The number of aromatic nitrogens is 3. The van der Waals surface area contributed by atoms with Crippen molar-refractivity contribution < 1.29 is 0 Å². The predicted octanol–water partition coefficient (Wildman–Crippen LogP) is 1.97. The number of thiazole rings is 1. The molecule has 2 aromatic heterocycles. The molecule has 3 N–H and O–H groups in total. The summed E-state index contributed by atoms with van der Waals surface area (Å²) in [5, 5.41) is 8.21. The van der Waals surface area contributed by atoms with E-state index in [2.05, 4.69) is 32.5 Å². The van der Waals surface area contributed by atoms with E-state index in [0.29, 0.717) is 12.4 Å². The van der Waals surface area contributed by atoms with Gasteiger partial charge < -0.3 is 15.6 Å². The lowest BCUT2D eigenvalue weighted by atomic mass is 10.4. The highest BCUT2D eigenvalue weighted by atomic mass is 32.1. The van der Waals surface area contributed by atoms with E-state index in [0.717, 1.165) is 41.6 Å². The SMILES string of the molecule is CCCNc1cc(NCc2csc(=O)[nH]2)nc(C)n1. The second kappa shape index (κ2) is 6.33. The van der Waals surface area contributed by atoms with E-state index >= 15 is 0 Å². The van der Waals surface area contributed by atoms with Crippen molar-refractivity contribution in [2.24, 2.45) is 0 Å². The summed E-state index contributed by atoms with van der Waals surface area (Å²) < 4.78 is 0. The number of H-pyrrole nitrogens is 1. The smallest absolute Gasteiger partial charge is 0.304 e. The average molecular weight is 279 g/mol. The van der Waals surface area contributed by atoms with Crippen molar-refractivity contribution in [2.45, 2.75) is 26.8 Å². The molecule has 19 heavy (non-hydrogen) atoms. The van der Waals surface area contributed by atoms with Crippen molar-refractivity contribution in [2.75, 3.05) is 17.2 Å². The second-order valence-electron chi connectivity index (χ2n) is 4.14. The largest absolute Gasteiger partial charge is 0.370 e. The highest BCUT2D eigenvalue weighted by Gasteiger charge is 2.02. The molecule has 0 unspecified atom stereocenters. The third kappa shape index (κ3) is 4.06. The quantitative estimate of drug-likeness (QED) is 0.753. The van der Waals surface area contributed by atoms with Crippen molar-refractivity contribution in [3.8, 4) is 0 Å². The summed E-state index contributed by atoms with van der Waals surface area (Å²) in [4.78, 5) is 22.4. The maximum absolute atomic E-state index is 11.0. The second-order valence-corrected chi connectivity index (χ2v) is 4.98. The van der Waals surface area contributed by atoms with E-state index < -0.39 is 0 Å². The van der Waals surface area contributed by atoms with Gasteiger partial charge in [0, 0.05) is 23.7 Å². The van der Waals surface area contributed by atoms with E-state index in [1.54, 1.807) is 5.38 Å². The van der Waals surface area contributed by atoms with Gasteiger partial charge in [0.25, 0.3) is 0 Å². The molecule has 0 aliphatic heterocycles. The zero-order chi connectivity index (χ0) is 13.7. The standard InChI is InChI=1S/C12H17N5OS/c1-3-4-13-10-5-11(16-8(2)15-10)14-6-9-7-19-12(18)17-9/h5,7H,3-4,6H2,1-2H3,(H,17,18)(H2,13,14,15,16). The lowest BCUT2D eigenvalue weighted by Crippen LogP contribution is -2.08. The van der Waals surface area contributed by atoms with E-state index in [-0.39, 0.29) is 4.87 Å². The number of aryl methyl sites for hydroxylation is 1. The molecule has 2 aromatic rings. The molecule has 6 nitrogen and oxygen atoms in total. The number of hydrogen-bond donors (Lipinski definition) is 3. The van der Waals surface area contributed by atoms with Crippen LogP contribution in [0.1, 0.15) is 24.9 Å². The molecule has 0 saturated carbocycles. The molecule has 2 rings (SSSR count). The van der Waals surface area contributed by atoms with E-state index in [1.165, 1.54) is 0 Å². The highest BCUT2D eigenvalue weighted by molar-refractivity contribution is 7.07. The lowest BCUT2D eigenvalue weighted by Gasteiger charge is -2.09. The van der Waals surface area contributed by atoms with Crippen molar-refractivity contribution in [3.63, 3.8) is 0 Å². The van der Waals surface area contributed by atoms with Crippen LogP contribution in [-0.2, 0) is 6.54 Å². The molecule has 0 saturated heterocycles. The summed E-state index contributed by atoms with van der Waals surface area (Å²) >= 11 is 1.16. The van der Waals surface area contributed by atoms with Gasteiger partial charge in [-0.05, 0) is 13.3 Å². The first-order valence-corrected chi connectivity index (χ1v) is 7.05. The topological polar surface area (TPSA) is 82.7 Å². The van der Waals surface area contributed by atoms with Crippen molar-refractivity contribution >= 4 is 23.0 Å². The maximum Gasteiger partial charge on any atom is 0.304 e. The summed E-state index contributed by atoms with van der Waals surface area (Å²) in [6, 6.07) is 1.87. The highest BCUT2D eigenvalue weighted by Crippen LogP contribution is 2.12. The molecule has 0 fully saturated rings. The molecule has 0 aliphatic rings. The number of anilines is 2. The first kappa shape index (κ1) is 13.5. The van der Waals surface area contributed by atoms with Gasteiger partial charge in [-0.15, -0.1) is 0 Å². The third-order valence-corrected chi connectivity index (χ3v) is 3.14. The van der Waals surface area contributed by atoms with Gasteiger partial charge in [-0.2, -0.15) is 0 Å². The Balaban J connectivity index is 2.02. The predicted molar refractivity (Wildman–Crippen MR) is 77.8 cm³/mol. The van der Waals surface area contributed by atoms with Gasteiger partial charge in [-0.25, -0.2) is 9.97 Å². The van der Waals surface area contributed by atoms with Crippen LogP contribution in [0, 0.1) is 6.92 Å². The summed E-state index contributed by atoms with van der Waals surface area (Å²) in [5.41, 5.74) is 0.856. The van der Waals surface area contributed by atoms with Gasteiger partial charge in [0.15, 0.2) is 0 Å². The number of hydrogen-bond acceptors (Lipinski definition) is 6. The van der Waals surface area contributed by atoms with Gasteiger partial charge in [0.05, 0.1) is 6.54 Å². The monoisotopic (exact) mass is 279 g/mol. The minimum absolute atomic E-state index is 0.0408. The fourth-order valence-electron chi connectivity index (χ4n) is 1.59. The molecule has 0 amide bonds. The molecule has 0 radical (unpaired) electrons. The Morgan fingerprint density at radius 3 is 2.68 bits per heavy atom. The van der Waals surface area contributed by atoms with Crippen LogP contribution < -0.4 is 15.5 Å². The first-order valence-electron chi connectivity index (χ1n) is 6.17. The Morgan fingerprint density at radius 2 is 2.05 bits per heavy atom. The molecular weight excluding hydrogens is 262 g/mol. The molecule has 2 heterocycles. The van der Waals surface area contributed by atoms with Crippen LogP contribution in [0.5, 0.6) is 0 Å². The van der Waals surface area contributed by atoms with E-state index in [1.807, 2.05) is 13.0 Å². The third-order valence-electron chi connectivity index (χ3n) is 2.42. The molecule has 0 atom stereocenters. The number of nitrogens with one attached hydrogen (secondary N) is 3. The minimum atomic E-state index is -0.0408. The molecule has 0 spiro atoms. The zero-order valence-electron chi connectivity index (χ0n) is 11.0. The fraction of sp³-hybridized carbons (Fsp3) is 0.417. The Kier molecular flexibility index (Phi) is 4.51. The van der Waals surface area contributed by atoms with Crippen molar-refractivity contribution in [1.82, 2.24) is 15.0 Å². The molecule has 0 aliphatic carbocycles. The zero-order valence-corrected chi connectivity index (χ0v) is 11.8. The summed E-state index contributed by atoms with van der Waals surface area (Å²) in [7, 11) is 0. The van der Waals surface area contributed by atoms with Crippen LogP contribution in [0.4, 0.5) is 11.6 Å². The van der Waals surface area contributed by atoms with Crippen LogP contribution in [0.3, 0.4) is 0 Å². The van der Waals surface area contributed by atoms with Gasteiger partial charge in [-0.1, -0.05) is 18.3 Å². The van der Waals surface area contributed by atoms with Crippen molar-refractivity contribution in [1.29, 1.82) is 0 Å². The van der Waals surface area contributed by atoms with Crippen molar-refractivity contribution in [3.05, 3.63) is 32.6 Å². The summed E-state index contributed by atoms with van der Waals surface area (Å²) in [6.45, 7) is 5.39. The minimum Gasteiger partial charge on any atom is -0.370 e. The molecule has 0 bridgehead atoms. The van der Waals surface area contributed by atoms with Crippen LogP contribution >= 0.6 is 11.3 Å². The summed E-state index contributed by atoms with van der Waals surface area (Å²) in [6.07, 6.45) is 1.04. The Morgan fingerprint density at radius 1 is 1.32 bits per heavy atom. The van der Waals surface area contributed by atoms with Crippen LogP contribution in [-0.4, -0.2) is 21.5 Å². The average Bonchev–Trinajstić information content (AvgIpc) is 2.79. The number of rotatable bonds is 6. The number of aromatic amines is 1. The Hall–Kier alpha value is -1.89.